The highest BCUT2D eigenvalue weighted by atomic mass is 16.5. The largest absolute Gasteiger partial charge is 0.497 e. The predicted octanol–water partition coefficient (Wildman–Crippen LogP) is 1.90. The van der Waals surface area contributed by atoms with Crippen LogP contribution in [0, 0.1) is 0 Å². The van der Waals surface area contributed by atoms with Gasteiger partial charge in [-0.2, -0.15) is 0 Å². The number of unbranched alkanes of at least 4 members (excludes halogenated alkanes) is 3. The van der Waals surface area contributed by atoms with E-state index in [1.165, 1.54) is 0 Å². The van der Waals surface area contributed by atoms with E-state index in [2.05, 4.69) is 0 Å². The molecule has 0 unspecified atom stereocenters. The van der Waals surface area contributed by atoms with Gasteiger partial charge >= 0.3 is 0 Å². The van der Waals surface area contributed by atoms with Gasteiger partial charge in [0.05, 0.1) is 14.2 Å². The number of carbonyl (C=O) groups excluding carboxylic acids is 2. The summed E-state index contributed by atoms with van der Waals surface area (Å²) in [6.45, 7) is 2.95. The molecule has 2 amide bonds. The molecule has 150 valence electrons. The Bertz CT molecular complexity index is 605. The number of benzene rings is 1. The first-order chi connectivity index (χ1) is 13.1. The van der Waals surface area contributed by atoms with Crippen LogP contribution in [0.4, 0.5) is 0 Å². The number of nitrogens with two attached hydrogens (primary N) is 1. The molecule has 7 nitrogen and oxygen atoms in total. The Balaban J connectivity index is 1.84. The van der Waals surface area contributed by atoms with Crippen molar-refractivity contribution in [3.63, 3.8) is 0 Å². The lowest BCUT2D eigenvalue weighted by Gasteiger charge is -2.35. The standard InChI is InChI=1S/C20H31N3O4/c1-26-17-13-16(14-18(15-17)27-2)20(25)23-11-9-22(10-12-23)19(24)7-5-3-4-6-8-21/h13-15H,3-12,21H2,1-2H3. The van der Waals surface area contributed by atoms with E-state index in [1.54, 1.807) is 37.3 Å². The van der Waals surface area contributed by atoms with E-state index in [0.717, 1.165) is 25.7 Å². The molecule has 1 aromatic rings. The lowest BCUT2D eigenvalue weighted by molar-refractivity contribution is -0.132. The third kappa shape index (κ3) is 6.13. The number of ether oxygens (including phenoxy) is 2. The molecule has 0 aliphatic carbocycles. The molecule has 7 heteroatoms. The Morgan fingerprint density at radius 3 is 2.00 bits per heavy atom. The number of amides is 2. The predicted molar refractivity (Wildman–Crippen MR) is 104 cm³/mol. The van der Waals surface area contributed by atoms with Gasteiger partial charge in [-0.25, -0.2) is 0 Å². The molecule has 0 atom stereocenters. The van der Waals surface area contributed by atoms with E-state index < -0.39 is 0 Å². The van der Waals surface area contributed by atoms with Crippen LogP contribution in [0.5, 0.6) is 11.5 Å². The molecule has 1 aliphatic rings. The number of hydrogen-bond donors (Lipinski definition) is 1. The van der Waals surface area contributed by atoms with Crippen LogP contribution in [-0.4, -0.2) is 68.6 Å². The Labute approximate surface area is 161 Å². The molecular weight excluding hydrogens is 346 g/mol. The molecule has 2 N–H and O–H groups in total. The summed E-state index contributed by atoms with van der Waals surface area (Å²) in [5, 5.41) is 0. The maximum atomic E-state index is 12.8. The van der Waals surface area contributed by atoms with Gasteiger partial charge in [0.1, 0.15) is 11.5 Å². The molecule has 27 heavy (non-hydrogen) atoms. The van der Waals surface area contributed by atoms with E-state index in [9.17, 15) is 9.59 Å². The van der Waals surface area contributed by atoms with Crippen molar-refractivity contribution < 1.29 is 19.1 Å². The monoisotopic (exact) mass is 377 g/mol. The summed E-state index contributed by atoms with van der Waals surface area (Å²) in [5.41, 5.74) is 6.01. The maximum Gasteiger partial charge on any atom is 0.254 e. The lowest BCUT2D eigenvalue weighted by atomic mass is 10.1. The van der Waals surface area contributed by atoms with E-state index >= 15 is 0 Å². The van der Waals surface area contributed by atoms with Crippen LogP contribution in [0.2, 0.25) is 0 Å². The Kier molecular flexibility index (Phi) is 8.39. The van der Waals surface area contributed by atoms with Gasteiger partial charge in [-0.15, -0.1) is 0 Å². The Hall–Kier alpha value is -2.28. The molecule has 1 aliphatic heterocycles. The van der Waals surface area contributed by atoms with Crippen LogP contribution >= 0.6 is 0 Å². The number of piperazine rings is 1. The molecule has 0 saturated carbocycles. The Morgan fingerprint density at radius 1 is 0.889 bits per heavy atom. The minimum atomic E-state index is -0.0684. The van der Waals surface area contributed by atoms with E-state index in [1.807, 2.05) is 4.90 Å². The fourth-order valence-electron chi connectivity index (χ4n) is 3.20. The summed E-state index contributed by atoms with van der Waals surface area (Å²) >= 11 is 0. The average molecular weight is 377 g/mol. The number of nitrogens with zero attached hydrogens (tertiary/aromatic N) is 2. The van der Waals surface area contributed by atoms with Crippen molar-refractivity contribution >= 4 is 11.8 Å². The van der Waals surface area contributed by atoms with Gasteiger partial charge in [-0.3, -0.25) is 9.59 Å². The summed E-state index contributed by atoms with van der Waals surface area (Å²) < 4.78 is 10.5. The third-order valence-electron chi connectivity index (χ3n) is 4.86. The fourth-order valence-corrected chi connectivity index (χ4v) is 3.20. The first kappa shape index (κ1) is 21.0. The van der Waals surface area contributed by atoms with Gasteiger partial charge in [-0.1, -0.05) is 12.8 Å². The van der Waals surface area contributed by atoms with Gasteiger partial charge in [-0.05, 0) is 31.5 Å². The van der Waals surface area contributed by atoms with E-state index in [-0.39, 0.29) is 11.8 Å². The van der Waals surface area contributed by atoms with E-state index in [0.29, 0.717) is 56.2 Å². The fraction of sp³-hybridized carbons (Fsp3) is 0.600. The van der Waals surface area contributed by atoms with Gasteiger partial charge in [0, 0.05) is 44.2 Å². The zero-order valence-corrected chi connectivity index (χ0v) is 16.4. The summed E-state index contributed by atoms with van der Waals surface area (Å²) in [6, 6.07) is 5.16. The zero-order chi connectivity index (χ0) is 19.6. The summed E-state index contributed by atoms with van der Waals surface area (Å²) in [6.07, 6.45) is 4.62. The average Bonchev–Trinajstić information content (AvgIpc) is 2.72. The van der Waals surface area contributed by atoms with Crippen molar-refractivity contribution in [3.8, 4) is 11.5 Å². The molecule has 1 fully saturated rings. The van der Waals surface area contributed by atoms with Crippen LogP contribution in [0.15, 0.2) is 18.2 Å². The summed E-state index contributed by atoms with van der Waals surface area (Å²) in [7, 11) is 3.12. The van der Waals surface area contributed by atoms with Crippen LogP contribution in [0.1, 0.15) is 42.5 Å². The van der Waals surface area contributed by atoms with Crippen molar-refractivity contribution in [2.75, 3.05) is 46.9 Å². The second-order valence-corrected chi connectivity index (χ2v) is 6.73. The van der Waals surface area contributed by atoms with Crippen molar-refractivity contribution in [2.24, 2.45) is 5.73 Å². The topological polar surface area (TPSA) is 85.1 Å². The number of rotatable bonds is 9. The molecule has 0 spiro atoms. The van der Waals surface area contributed by atoms with Gasteiger partial charge in [0.15, 0.2) is 0 Å². The molecule has 0 radical (unpaired) electrons. The second-order valence-electron chi connectivity index (χ2n) is 6.73. The highest BCUT2D eigenvalue weighted by Crippen LogP contribution is 2.24. The van der Waals surface area contributed by atoms with Crippen molar-refractivity contribution in [1.29, 1.82) is 0 Å². The first-order valence-corrected chi connectivity index (χ1v) is 9.59. The normalized spacial score (nSPS) is 14.2. The summed E-state index contributed by atoms with van der Waals surface area (Å²) in [4.78, 5) is 28.7. The van der Waals surface area contributed by atoms with Crippen molar-refractivity contribution in [1.82, 2.24) is 9.80 Å². The van der Waals surface area contributed by atoms with Crippen molar-refractivity contribution in [2.45, 2.75) is 32.1 Å². The quantitative estimate of drug-likeness (QED) is 0.665. The number of carbonyl (C=O) groups is 2. The third-order valence-corrected chi connectivity index (χ3v) is 4.86. The molecular formula is C20H31N3O4. The molecule has 2 rings (SSSR count). The SMILES string of the molecule is COc1cc(OC)cc(C(=O)N2CCN(C(=O)CCCCCCN)CC2)c1. The number of methoxy groups -OCH3 is 2. The smallest absolute Gasteiger partial charge is 0.254 e. The minimum Gasteiger partial charge on any atom is -0.497 e. The molecule has 1 aromatic carbocycles. The Morgan fingerprint density at radius 2 is 1.44 bits per heavy atom. The van der Waals surface area contributed by atoms with Crippen molar-refractivity contribution in [3.05, 3.63) is 23.8 Å². The lowest BCUT2D eigenvalue weighted by Crippen LogP contribution is -2.50. The first-order valence-electron chi connectivity index (χ1n) is 9.59. The second kappa shape index (κ2) is 10.8. The summed E-state index contributed by atoms with van der Waals surface area (Å²) in [5.74, 6) is 1.28. The van der Waals surface area contributed by atoms with Crippen LogP contribution in [0.25, 0.3) is 0 Å². The highest BCUT2D eigenvalue weighted by molar-refractivity contribution is 5.95. The highest BCUT2D eigenvalue weighted by Gasteiger charge is 2.25. The molecule has 1 saturated heterocycles. The molecule has 0 aromatic heterocycles. The maximum absolute atomic E-state index is 12.8. The molecule has 1 heterocycles. The van der Waals surface area contributed by atoms with Gasteiger partial charge < -0.3 is 25.0 Å². The number of hydrogen-bond acceptors (Lipinski definition) is 5. The van der Waals surface area contributed by atoms with Gasteiger partial charge in [0.25, 0.3) is 5.91 Å². The van der Waals surface area contributed by atoms with Crippen LogP contribution in [-0.2, 0) is 4.79 Å². The molecule has 0 bridgehead atoms. The minimum absolute atomic E-state index is 0.0684. The van der Waals surface area contributed by atoms with Crippen LogP contribution in [0.3, 0.4) is 0 Å². The van der Waals surface area contributed by atoms with E-state index in [4.69, 9.17) is 15.2 Å². The zero-order valence-electron chi connectivity index (χ0n) is 16.4. The van der Waals surface area contributed by atoms with Crippen LogP contribution < -0.4 is 15.2 Å². The van der Waals surface area contributed by atoms with Gasteiger partial charge in [0.2, 0.25) is 5.91 Å².